The number of nitrogens with zero attached hydrogens (tertiary/aromatic N) is 1. The van der Waals surface area contributed by atoms with Gasteiger partial charge in [-0.3, -0.25) is 9.69 Å². The molecule has 1 amide bonds. The van der Waals surface area contributed by atoms with Gasteiger partial charge in [0.1, 0.15) is 5.76 Å². The average Bonchev–Trinajstić information content (AvgIpc) is 2.98. The minimum atomic E-state index is -0.221. The molecule has 1 aliphatic rings. The summed E-state index contributed by atoms with van der Waals surface area (Å²) < 4.78 is 6.41. The second-order valence-corrected chi connectivity index (χ2v) is 7.53. The van der Waals surface area contributed by atoms with Gasteiger partial charge in [-0.1, -0.05) is 47.2 Å². The molecule has 3 nitrogen and oxygen atoms in total. The molecular formula is C14H6BrCl2NO2S2. The number of thioether (sulfide) groups is 1. The van der Waals surface area contributed by atoms with E-state index in [4.69, 9.17) is 39.8 Å². The summed E-state index contributed by atoms with van der Waals surface area (Å²) in [6.07, 6.45) is 1.65. The van der Waals surface area contributed by atoms with Crippen LogP contribution in [-0.2, 0) is 4.79 Å². The number of carbonyl (C=O) groups is 1. The smallest absolute Gasteiger partial charge is 0.270 e. The van der Waals surface area contributed by atoms with Crippen molar-refractivity contribution < 1.29 is 9.21 Å². The van der Waals surface area contributed by atoms with Crippen molar-refractivity contribution in [2.75, 3.05) is 4.90 Å². The number of hydrogen-bond acceptors (Lipinski definition) is 4. The highest BCUT2D eigenvalue weighted by atomic mass is 79.9. The number of hydrogen-bond donors (Lipinski definition) is 0. The van der Waals surface area contributed by atoms with E-state index >= 15 is 0 Å². The number of halogens is 3. The third kappa shape index (κ3) is 3.12. The summed E-state index contributed by atoms with van der Waals surface area (Å²) in [5, 5.41) is 0.791. The van der Waals surface area contributed by atoms with Crippen LogP contribution in [0.4, 0.5) is 5.69 Å². The zero-order valence-corrected chi connectivity index (χ0v) is 15.4. The molecule has 1 fully saturated rings. The number of carbonyl (C=O) groups excluding carboxylic acids is 1. The monoisotopic (exact) mass is 433 g/mol. The zero-order chi connectivity index (χ0) is 15.9. The molecule has 2 heterocycles. The number of benzene rings is 1. The lowest BCUT2D eigenvalue weighted by molar-refractivity contribution is -0.113. The summed E-state index contributed by atoms with van der Waals surface area (Å²) in [6, 6.07) is 8.46. The fourth-order valence-corrected chi connectivity index (χ4v) is 3.74. The third-order valence-electron chi connectivity index (χ3n) is 2.82. The minimum absolute atomic E-state index is 0.221. The predicted molar refractivity (Wildman–Crippen MR) is 98.5 cm³/mol. The van der Waals surface area contributed by atoms with Crippen LogP contribution in [0, 0.1) is 0 Å². The van der Waals surface area contributed by atoms with Crippen molar-refractivity contribution in [1.29, 1.82) is 0 Å². The Morgan fingerprint density at radius 2 is 2.00 bits per heavy atom. The Morgan fingerprint density at radius 3 is 2.64 bits per heavy atom. The van der Waals surface area contributed by atoms with Gasteiger partial charge in [-0.15, -0.1) is 0 Å². The minimum Gasteiger partial charge on any atom is -0.450 e. The van der Waals surface area contributed by atoms with E-state index < -0.39 is 0 Å². The Morgan fingerprint density at radius 1 is 1.23 bits per heavy atom. The lowest BCUT2D eigenvalue weighted by atomic mass is 10.3. The molecule has 0 aliphatic carbocycles. The Bertz CT molecular complexity index is 819. The molecule has 8 heteroatoms. The molecular weight excluding hydrogens is 429 g/mol. The van der Waals surface area contributed by atoms with Gasteiger partial charge < -0.3 is 4.42 Å². The first-order chi connectivity index (χ1) is 10.5. The molecule has 3 rings (SSSR count). The van der Waals surface area contributed by atoms with Gasteiger partial charge in [-0.25, -0.2) is 0 Å². The molecule has 0 N–H and O–H groups in total. The Hall–Kier alpha value is -0.790. The predicted octanol–water partition coefficient (Wildman–Crippen LogP) is 5.75. The van der Waals surface area contributed by atoms with Crippen LogP contribution in [0.25, 0.3) is 6.08 Å². The molecule has 0 unspecified atom stereocenters. The van der Waals surface area contributed by atoms with Crippen LogP contribution < -0.4 is 4.90 Å². The first kappa shape index (κ1) is 16.1. The summed E-state index contributed by atoms with van der Waals surface area (Å²) in [6.45, 7) is 0. The third-order valence-corrected chi connectivity index (χ3v) is 5.29. The van der Waals surface area contributed by atoms with Crippen LogP contribution in [0.5, 0.6) is 0 Å². The van der Waals surface area contributed by atoms with Crippen molar-refractivity contribution in [2.24, 2.45) is 0 Å². The van der Waals surface area contributed by atoms with Gasteiger partial charge in [-0.2, -0.15) is 0 Å². The highest BCUT2D eigenvalue weighted by Gasteiger charge is 2.33. The van der Waals surface area contributed by atoms with Crippen molar-refractivity contribution in [3.8, 4) is 0 Å². The number of furan rings is 1. The summed E-state index contributed by atoms with van der Waals surface area (Å²) in [5.41, 5.74) is 0.584. The molecule has 0 radical (unpaired) electrons. The first-order valence-corrected chi connectivity index (χ1v) is 8.71. The fourth-order valence-electron chi connectivity index (χ4n) is 1.85. The maximum Gasteiger partial charge on any atom is 0.270 e. The maximum absolute atomic E-state index is 12.5. The van der Waals surface area contributed by atoms with Gasteiger partial charge in [0.15, 0.2) is 8.99 Å². The fraction of sp³-hybridized carbons (Fsp3) is 0. The highest BCUT2D eigenvalue weighted by molar-refractivity contribution is 9.10. The second kappa shape index (κ2) is 6.37. The van der Waals surface area contributed by atoms with Gasteiger partial charge >= 0.3 is 0 Å². The number of anilines is 1. The topological polar surface area (TPSA) is 33.5 Å². The van der Waals surface area contributed by atoms with E-state index in [1.54, 1.807) is 36.4 Å². The Balaban J connectivity index is 1.94. The van der Waals surface area contributed by atoms with E-state index in [0.717, 1.165) is 0 Å². The quantitative estimate of drug-likeness (QED) is 0.444. The number of rotatable bonds is 2. The molecule has 1 saturated heterocycles. The van der Waals surface area contributed by atoms with Gasteiger partial charge in [0.25, 0.3) is 5.91 Å². The summed E-state index contributed by atoms with van der Waals surface area (Å²) in [5.74, 6) is 0.349. The first-order valence-electron chi connectivity index (χ1n) is 5.94. The van der Waals surface area contributed by atoms with Gasteiger partial charge in [0.2, 0.25) is 0 Å². The molecule has 0 bridgehead atoms. The molecule has 0 saturated carbocycles. The molecule has 112 valence electrons. The normalized spacial score (nSPS) is 16.9. The van der Waals surface area contributed by atoms with E-state index in [1.807, 2.05) is 0 Å². The van der Waals surface area contributed by atoms with Crippen LogP contribution in [0.2, 0.25) is 10.0 Å². The summed E-state index contributed by atoms with van der Waals surface area (Å²) >= 11 is 21.6. The maximum atomic E-state index is 12.5. The van der Waals surface area contributed by atoms with Crippen molar-refractivity contribution in [2.45, 2.75) is 0 Å². The number of amides is 1. The summed E-state index contributed by atoms with van der Waals surface area (Å²) in [4.78, 5) is 14.5. The van der Waals surface area contributed by atoms with E-state index in [9.17, 15) is 4.79 Å². The standard InChI is InChI=1S/C14H6BrCl2NO2S2/c15-12-4-2-8(20-12)6-11-13(19)18(14(21)22-11)7-1-3-9(16)10(17)5-7/h1-6H. The van der Waals surface area contributed by atoms with Gasteiger partial charge in [-0.05, 0) is 46.3 Å². The van der Waals surface area contributed by atoms with Crippen LogP contribution in [0.1, 0.15) is 5.76 Å². The van der Waals surface area contributed by atoms with Crippen LogP contribution >= 0.6 is 63.1 Å². The van der Waals surface area contributed by atoms with Crippen molar-refractivity contribution in [3.05, 3.63) is 55.7 Å². The molecule has 22 heavy (non-hydrogen) atoms. The summed E-state index contributed by atoms with van der Waals surface area (Å²) in [7, 11) is 0. The van der Waals surface area contributed by atoms with Crippen molar-refractivity contribution >= 4 is 85.1 Å². The van der Waals surface area contributed by atoms with Gasteiger partial charge in [0.05, 0.1) is 20.6 Å². The van der Waals surface area contributed by atoms with Crippen LogP contribution in [0.3, 0.4) is 0 Å². The van der Waals surface area contributed by atoms with E-state index in [-0.39, 0.29) is 5.91 Å². The average molecular weight is 435 g/mol. The van der Waals surface area contributed by atoms with Crippen molar-refractivity contribution in [3.63, 3.8) is 0 Å². The SMILES string of the molecule is O=C1C(=Cc2ccc(Br)o2)SC(=S)N1c1ccc(Cl)c(Cl)c1. The molecule has 1 aromatic carbocycles. The molecule has 0 spiro atoms. The molecule has 1 aromatic heterocycles. The lowest BCUT2D eigenvalue weighted by Gasteiger charge is -2.15. The Labute approximate surface area is 154 Å². The molecule has 0 atom stereocenters. The van der Waals surface area contributed by atoms with E-state index in [2.05, 4.69) is 15.9 Å². The van der Waals surface area contributed by atoms with E-state index in [1.165, 1.54) is 16.7 Å². The van der Waals surface area contributed by atoms with Gasteiger partial charge in [0, 0.05) is 6.08 Å². The lowest BCUT2D eigenvalue weighted by Crippen LogP contribution is -2.27. The van der Waals surface area contributed by atoms with Crippen LogP contribution in [0.15, 0.2) is 44.3 Å². The Kier molecular flexibility index (Phi) is 4.66. The zero-order valence-electron chi connectivity index (χ0n) is 10.7. The molecule has 1 aliphatic heterocycles. The van der Waals surface area contributed by atoms with Crippen molar-refractivity contribution in [1.82, 2.24) is 0 Å². The second-order valence-electron chi connectivity index (χ2n) is 4.26. The highest BCUT2D eigenvalue weighted by Crippen LogP contribution is 2.38. The largest absolute Gasteiger partial charge is 0.450 e. The van der Waals surface area contributed by atoms with E-state index in [0.29, 0.717) is 35.4 Å². The molecule has 2 aromatic rings. The van der Waals surface area contributed by atoms with Crippen LogP contribution in [-0.4, -0.2) is 10.2 Å². The number of thiocarbonyl (C=S) groups is 1.